The summed E-state index contributed by atoms with van der Waals surface area (Å²) in [5, 5.41) is 12.5. The summed E-state index contributed by atoms with van der Waals surface area (Å²) in [7, 11) is 0. The van der Waals surface area contributed by atoms with Gasteiger partial charge >= 0.3 is 0 Å². The summed E-state index contributed by atoms with van der Waals surface area (Å²) in [5.41, 5.74) is 4.33. The van der Waals surface area contributed by atoms with Gasteiger partial charge in [-0.3, -0.25) is 0 Å². The van der Waals surface area contributed by atoms with Gasteiger partial charge in [-0.05, 0) is 61.4 Å². The number of benzene rings is 2. The van der Waals surface area contributed by atoms with Gasteiger partial charge in [0.1, 0.15) is 17.4 Å². The highest BCUT2D eigenvalue weighted by Gasteiger charge is 2.11. The number of hydrogen-bond acceptors (Lipinski definition) is 7. The Morgan fingerprint density at radius 2 is 1.90 bits per heavy atom. The molecule has 0 fully saturated rings. The molecular formula is C21H18ClN3O2S2. The van der Waals surface area contributed by atoms with Crippen molar-refractivity contribution in [2.24, 2.45) is 0 Å². The summed E-state index contributed by atoms with van der Waals surface area (Å²) in [4.78, 5) is 4.60. The minimum atomic E-state index is 0.425. The van der Waals surface area contributed by atoms with Gasteiger partial charge in [0.25, 0.3) is 5.22 Å². The van der Waals surface area contributed by atoms with Crippen LogP contribution in [-0.2, 0) is 12.4 Å². The summed E-state index contributed by atoms with van der Waals surface area (Å²) in [6.07, 6.45) is 0. The summed E-state index contributed by atoms with van der Waals surface area (Å²) in [5.74, 6) is 1.96. The molecule has 0 spiro atoms. The highest BCUT2D eigenvalue weighted by atomic mass is 35.5. The third kappa shape index (κ3) is 5.18. The van der Waals surface area contributed by atoms with Crippen LogP contribution < -0.4 is 4.74 Å². The molecule has 29 heavy (non-hydrogen) atoms. The molecule has 2 aromatic heterocycles. The van der Waals surface area contributed by atoms with E-state index >= 15 is 0 Å². The van der Waals surface area contributed by atoms with Crippen molar-refractivity contribution >= 4 is 34.7 Å². The molecule has 0 radical (unpaired) electrons. The molecule has 0 unspecified atom stereocenters. The largest absolute Gasteiger partial charge is 0.486 e. The van der Waals surface area contributed by atoms with Crippen molar-refractivity contribution in [2.45, 2.75) is 31.4 Å². The van der Waals surface area contributed by atoms with E-state index in [9.17, 15) is 0 Å². The average Bonchev–Trinajstić information content (AvgIpc) is 3.37. The summed E-state index contributed by atoms with van der Waals surface area (Å²) in [6, 6.07) is 13.4. The van der Waals surface area contributed by atoms with E-state index in [2.05, 4.69) is 41.2 Å². The van der Waals surface area contributed by atoms with E-state index in [0.717, 1.165) is 22.0 Å². The molecule has 5 nitrogen and oxygen atoms in total. The fourth-order valence-corrected chi connectivity index (χ4v) is 4.14. The Balaban J connectivity index is 1.32. The maximum Gasteiger partial charge on any atom is 0.277 e. The van der Waals surface area contributed by atoms with Crippen molar-refractivity contribution < 1.29 is 9.15 Å². The monoisotopic (exact) mass is 443 g/mol. The Morgan fingerprint density at radius 3 is 2.69 bits per heavy atom. The second-order valence-corrected chi connectivity index (χ2v) is 8.74. The minimum absolute atomic E-state index is 0.425. The topological polar surface area (TPSA) is 61.0 Å². The van der Waals surface area contributed by atoms with Crippen molar-refractivity contribution in [1.29, 1.82) is 0 Å². The molecule has 8 heteroatoms. The first-order chi connectivity index (χ1) is 14.1. The maximum absolute atomic E-state index is 5.88. The highest BCUT2D eigenvalue weighted by molar-refractivity contribution is 7.98. The van der Waals surface area contributed by atoms with Crippen LogP contribution in [0, 0.1) is 13.8 Å². The fourth-order valence-electron chi connectivity index (χ4n) is 2.55. The van der Waals surface area contributed by atoms with E-state index in [1.807, 2.05) is 23.6 Å². The minimum Gasteiger partial charge on any atom is -0.486 e. The van der Waals surface area contributed by atoms with Crippen LogP contribution in [0.2, 0.25) is 5.02 Å². The second kappa shape index (κ2) is 8.98. The lowest BCUT2D eigenvalue weighted by atomic mass is 10.1. The van der Waals surface area contributed by atoms with Gasteiger partial charge in [-0.15, -0.1) is 21.5 Å². The van der Waals surface area contributed by atoms with Crippen LogP contribution in [0.1, 0.15) is 21.8 Å². The average molecular weight is 444 g/mol. The van der Waals surface area contributed by atoms with Crippen LogP contribution >= 0.6 is 34.7 Å². The number of aryl methyl sites for hydroxylation is 2. The first-order valence-corrected chi connectivity index (χ1v) is 11.2. The summed E-state index contributed by atoms with van der Waals surface area (Å²) in [6.45, 7) is 4.58. The number of ether oxygens (including phenoxy) is 1. The van der Waals surface area contributed by atoms with Crippen LogP contribution in [0.5, 0.6) is 5.75 Å². The lowest BCUT2D eigenvalue weighted by molar-refractivity contribution is 0.305. The van der Waals surface area contributed by atoms with E-state index in [-0.39, 0.29) is 0 Å². The molecule has 148 valence electrons. The zero-order valence-electron chi connectivity index (χ0n) is 15.9. The molecule has 4 rings (SSSR count). The predicted octanol–water partition coefficient (Wildman–Crippen LogP) is 6.33. The SMILES string of the molecule is Cc1ccc(-c2nnc(SCc3csc(COc4ccc(Cl)cc4)n3)o2)cc1C. The van der Waals surface area contributed by atoms with Crippen molar-refractivity contribution in [3.63, 3.8) is 0 Å². The van der Waals surface area contributed by atoms with Crippen LogP contribution in [0.25, 0.3) is 11.5 Å². The van der Waals surface area contributed by atoms with Gasteiger partial charge in [-0.1, -0.05) is 29.4 Å². The van der Waals surface area contributed by atoms with Crippen molar-refractivity contribution in [3.05, 3.63) is 74.7 Å². The van der Waals surface area contributed by atoms with Gasteiger partial charge in [0.05, 0.1) is 5.69 Å². The molecule has 0 bridgehead atoms. The number of rotatable bonds is 7. The predicted molar refractivity (Wildman–Crippen MR) is 117 cm³/mol. The standard InChI is InChI=1S/C21H18ClN3O2S2/c1-13-3-4-15(9-14(13)2)20-24-25-21(27-20)29-12-17-11-28-19(23-17)10-26-18-7-5-16(22)6-8-18/h3-9,11H,10,12H2,1-2H3. The quantitative estimate of drug-likeness (QED) is 0.311. The van der Waals surface area contributed by atoms with Gasteiger partial charge in [-0.2, -0.15) is 0 Å². The molecular weight excluding hydrogens is 426 g/mol. The van der Waals surface area contributed by atoms with E-state index in [4.69, 9.17) is 20.8 Å². The molecule has 2 aromatic carbocycles. The molecule has 0 saturated heterocycles. The molecule has 0 aliphatic carbocycles. The lowest BCUT2D eigenvalue weighted by Crippen LogP contribution is -1.95. The van der Waals surface area contributed by atoms with Gasteiger partial charge in [0, 0.05) is 21.7 Å². The zero-order chi connectivity index (χ0) is 20.2. The van der Waals surface area contributed by atoms with E-state index in [1.54, 1.807) is 23.5 Å². The van der Waals surface area contributed by atoms with Crippen LogP contribution in [0.3, 0.4) is 0 Å². The molecule has 2 heterocycles. The number of aromatic nitrogens is 3. The van der Waals surface area contributed by atoms with E-state index in [0.29, 0.717) is 28.5 Å². The van der Waals surface area contributed by atoms with E-state index in [1.165, 1.54) is 22.9 Å². The van der Waals surface area contributed by atoms with Crippen molar-refractivity contribution in [2.75, 3.05) is 0 Å². The molecule has 4 aromatic rings. The maximum atomic E-state index is 5.88. The van der Waals surface area contributed by atoms with Gasteiger partial charge in [0.2, 0.25) is 5.89 Å². The second-order valence-electron chi connectivity index (χ2n) is 6.44. The number of nitrogens with zero attached hydrogens (tertiary/aromatic N) is 3. The van der Waals surface area contributed by atoms with Crippen molar-refractivity contribution in [3.8, 4) is 17.2 Å². The Morgan fingerprint density at radius 1 is 1.07 bits per heavy atom. The molecule has 0 aliphatic heterocycles. The highest BCUT2D eigenvalue weighted by Crippen LogP contribution is 2.27. The number of hydrogen-bond donors (Lipinski definition) is 0. The zero-order valence-corrected chi connectivity index (χ0v) is 18.3. The Bertz CT molecular complexity index is 1110. The third-order valence-electron chi connectivity index (χ3n) is 4.28. The molecule has 0 atom stereocenters. The first kappa shape index (κ1) is 19.9. The van der Waals surface area contributed by atoms with Crippen LogP contribution in [-0.4, -0.2) is 15.2 Å². The first-order valence-electron chi connectivity index (χ1n) is 8.92. The third-order valence-corrected chi connectivity index (χ3v) is 6.25. The van der Waals surface area contributed by atoms with E-state index < -0.39 is 0 Å². The fraction of sp³-hybridized carbons (Fsp3) is 0.190. The van der Waals surface area contributed by atoms with Gasteiger partial charge in [-0.25, -0.2) is 4.98 Å². The Hall–Kier alpha value is -2.35. The Kier molecular flexibility index (Phi) is 6.18. The summed E-state index contributed by atoms with van der Waals surface area (Å²) < 4.78 is 11.5. The van der Waals surface area contributed by atoms with Crippen LogP contribution in [0.15, 0.2) is 57.5 Å². The number of thiazole rings is 1. The van der Waals surface area contributed by atoms with Crippen LogP contribution in [0.4, 0.5) is 0 Å². The Labute approximate surface area is 182 Å². The normalized spacial score (nSPS) is 11.0. The van der Waals surface area contributed by atoms with Gasteiger partial charge < -0.3 is 9.15 Å². The molecule has 0 amide bonds. The van der Waals surface area contributed by atoms with Crippen molar-refractivity contribution in [1.82, 2.24) is 15.2 Å². The number of thioether (sulfide) groups is 1. The molecule has 0 aliphatic rings. The summed E-state index contributed by atoms with van der Waals surface area (Å²) >= 11 is 8.93. The van der Waals surface area contributed by atoms with Gasteiger partial charge in [0.15, 0.2) is 0 Å². The lowest BCUT2D eigenvalue weighted by Gasteiger charge is -2.03. The smallest absolute Gasteiger partial charge is 0.277 e. The molecule has 0 saturated carbocycles. The number of halogens is 1. The molecule has 0 N–H and O–H groups in total.